The normalized spacial score (nSPS) is 10.0. The van der Waals surface area contributed by atoms with E-state index < -0.39 is 10.8 Å². The van der Waals surface area contributed by atoms with Gasteiger partial charge in [0.1, 0.15) is 11.6 Å². The van der Waals surface area contributed by atoms with Gasteiger partial charge >= 0.3 is 0 Å². The number of halogens is 1. The summed E-state index contributed by atoms with van der Waals surface area (Å²) in [6, 6.07) is 5.14. The van der Waals surface area contributed by atoms with Crippen molar-refractivity contribution < 1.29 is 14.5 Å². The molecule has 0 atom stereocenters. The van der Waals surface area contributed by atoms with E-state index in [1.54, 1.807) is 0 Å². The van der Waals surface area contributed by atoms with Gasteiger partial charge in [-0.3, -0.25) is 14.9 Å². The molecule has 0 radical (unpaired) electrons. The Hall–Kier alpha value is -2.74. The summed E-state index contributed by atoms with van der Waals surface area (Å²) in [6.07, 6.45) is 1.39. The Balaban J connectivity index is 2.28. The summed E-state index contributed by atoms with van der Waals surface area (Å²) in [5.41, 5.74) is -0.0358. The molecule has 0 saturated heterocycles. The largest absolute Gasteiger partial charge is 0.496 e. The molecule has 2 rings (SSSR count). The third kappa shape index (κ3) is 3.42. The highest BCUT2D eigenvalue weighted by molar-refractivity contribution is 6.28. The lowest BCUT2D eigenvalue weighted by Gasteiger charge is -2.08. The fourth-order valence-electron chi connectivity index (χ4n) is 1.57. The minimum absolute atomic E-state index is 0.0107. The molecule has 1 aromatic heterocycles. The number of benzene rings is 1. The zero-order valence-electron chi connectivity index (χ0n) is 10.7. The number of nitrogens with one attached hydrogen (secondary N) is 1. The Kier molecular flexibility index (Phi) is 4.29. The second-order valence-electron chi connectivity index (χ2n) is 3.81. The summed E-state index contributed by atoms with van der Waals surface area (Å²) in [4.78, 5) is 29.7. The molecule has 21 heavy (non-hydrogen) atoms. The van der Waals surface area contributed by atoms with Crippen LogP contribution in [0.2, 0.25) is 5.28 Å². The van der Waals surface area contributed by atoms with Gasteiger partial charge in [0.05, 0.1) is 23.7 Å². The molecule has 2 aromatic rings. The van der Waals surface area contributed by atoms with Crippen molar-refractivity contribution in [2.75, 3.05) is 12.4 Å². The third-order valence-electron chi connectivity index (χ3n) is 2.51. The summed E-state index contributed by atoms with van der Waals surface area (Å²) in [5, 5.41) is 13.2. The predicted molar refractivity (Wildman–Crippen MR) is 74.6 cm³/mol. The maximum Gasteiger partial charge on any atom is 0.273 e. The number of nitrogens with zero attached hydrogens (tertiary/aromatic N) is 3. The second-order valence-corrected chi connectivity index (χ2v) is 4.14. The minimum Gasteiger partial charge on any atom is -0.496 e. The molecule has 1 N–H and O–H groups in total. The summed E-state index contributed by atoms with van der Waals surface area (Å²) in [6.45, 7) is 0. The van der Waals surface area contributed by atoms with E-state index in [1.807, 2.05) is 0 Å². The molecule has 1 aromatic carbocycles. The van der Waals surface area contributed by atoms with Crippen LogP contribution < -0.4 is 10.1 Å². The molecule has 1 heterocycles. The number of carbonyl (C=O) groups is 1. The van der Waals surface area contributed by atoms with E-state index in [2.05, 4.69) is 15.3 Å². The van der Waals surface area contributed by atoms with Gasteiger partial charge in [-0.1, -0.05) is 0 Å². The molecular weight excluding hydrogens is 300 g/mol. The van der Waals surface area contributed by atoms with Gasteiger partial charge in [0.25, 0.3) is 11.6 Å². The fourth-order valence-corrected chi connectivity index (χ4v) is 1.72. The maximum absolute atomic E-state index is 12.1. The van der Waals surface area contributed by atoms with E-state index in [1.165, 1.54) is 37.6 Å². The predicted octanol–water partition coefficient (Wildman–Crippen LogP) is 2.30. The highest BCUT2D eigenvalue weighted by Crippen LogP contribution is 2.25. The Morgan fingerprint density at radius 1 is 1.43 bits per heavy atom. The molecule has 0 fully saturated rings. The number of aromatic nitrogens is 2. The van der Waals surface area contributed by atoms with Gasteiger partial charge in [0, 0.05) is 12.3 Å². The van der Waals surface area contributed by atoms with Gasteiger partial charge in [-0.15, -0.1) is 0 Å². The van der Waals surface area contributed by atoms with Gasteiger partial charge in [-0.05, 0) is 23.7 Å². The first-order valence-corrected chi connectivity index (χ1v) is 6.01. The van der Waals surface area contributed by atoms with Crippen LogP contribution in [0, 0.1) is 10.1 Å². The molecule has 0 aliphatic rings. The quantitative estimate of drug-likeness (QED) is 0.527. The van der Waals surface area contributed by atoms with Crippen LogP contribution in [0.15, 0.2) is 30.5 Å². The highest BCUT2D eigenvalue weighted by Gasteiger charge is 2.17. The zero-order chi connectivity index (χ0) is 15.4. The molecule has 8 nitrogen and oxygen atoms in total. The topological polar surface area (TPSA) is 107 Å². The number of anilines is 1. The molecule has 1 amide bonds. The monoisotopic (exact) mass is 308 g/mol. The molecule has 0 aliphatic heterocycles. The summed E-state index contributed by atoms with van der Waals surface area (Å²) < 4.78 is 4.99. The number of ether oxygens (including phenoxy) is 1. The van der Waals surface area contributed by atoms with Gasteiger partial charge in [0.15, 0.2) is 0 Å². The molecular formula is C12H9ClN4O4. The second kappa shape index (κ2) is 6.14. The van der Waals surface area contributed by atoms with Gasteiger partial charge in [-0.2, -0.15) is 0 Å². The number of hydrogen-bond donors (Lipinski definition) is 1. The summed E-state index contributed by atoms with van der Waals surface area (Å²) in [5.74, 6) is -0.237. The van der Waals surface area contributed by atoms with Gasteiger partial charge in [0.2, 0.25) is 5.28 Å². The highest BCUT2D eigenvalue weighted by atomic mass is 35.5. The number of hydrogen-bond acceptors (Lipinski definition) is 6. The Labute approximate surface area is 123 Å². The van der Waals surface area contributed by atoms with Crippen molar-refractivity contribution in [3.8, 4) is 5.75 Å². The van der Waals surface area contributed by atoms with E-state index in [0.717, 1.165) is 0 Å². The molecule has 0 bridgehead atoms. The SMILES string of the molecule is COc1cc([N+](=O)[O-])ccc1C(=O)Nc1ccnc(Cl)n1. The van der Waals surface area contributed by atoms with Crippen LogP contribution in [0.5, 0.6) is 5.75 Å². The molecule has 0 aliphatic carbocycles. The van der Waals surface area contributed by atoms with Crippen LogP contribution >= 0.6 is 11.6 Å². The van der Waals surface area contributed by atoms with Crippen LogP contribution in [0.4, 0.5) is 11.5 Å². The van der Waals surface area contributed by atoms with Crippen molar-refractivity contribution in [1.82, 2.24) is 9.97 Å². The first kappa shape index (κ1) is 14.7. The number of amides is 1. The fraction of sp³-hybridized carbons (Fsp3) is 0.0833. The lowest BCUT2D eigenvalue weighted by molar-refractivity contribution is -0.384. The van der Waals surface area contributed by atoms with Crippen LogP contribution in [0.25, 0.3) is 0 Å². The van der Waals surface area contributed by atoms with Crippen molar-refractivity contribution in [3.63, 3.8) is 0 Å². The maximum atomic E-state index is 12.1. The van der Waals surface area contributed by atoms with Gasteiger partial charge < -0.3 is 10.1 Å². The van der Waals surface area contributed by atoms with Gasteiger partial charge in [-0.25, -0.2) is 9.97 Å². The number of nitro groups is 1. The van der Waals surface area contributed by atoms with E-state index >= 15 is 0 Å². The number of non-ortho nitro benzene ring substituents is 1. The standard InChI is InChI=1S/C12H9ClN4O4/c1-21-9-6-7(17(19)20)2-3-8(9)11(18)15-10-4-5-14-12(13)16-10/h2-6H,1H3,(H,14,15,16,18). The Morgan fingerprint density at radius 2 is 2.19 bits per heavy atom. The lowest BCUT2D eigenvalue weighted by atomic mass is 10.1. The zero-order valence-corrected chi connectivity index (χ0v) is 11.5. The van der Waals surface area contributed by atoms with E-state index in [0.29, 0.717) is 0 Å². The van der Waals surface area contributed by atoms with Crippen molar-refractivity contribution in [2.24, 2.45) is 0 Å². The van der Waals surface area contributed by atoms with Crippen molar-refractivity contribution >= 4 is 29.0 Å². The molecule has 108 valence electrons. The number of carbonyl (C=O) groups excluding carboxylic acids is 1. The summed E-state index contributed by atoms with van der Waals surface area (Å²) in [7, 11) is 1.32. The van der Waals surface area contributed by atoms with E-state index in [-0.39, 0.29) is 28.1 Å². The smallest absolute Gasteiger partial charge is 0.273 e. The van der Waals surface area contributed by atoms with E-state index in [9.17, 15) is 14.9 Å². The van der Waals surface area contributed by atoms with Crippen molar-refractivity contribution in [3.05, 3.63) is 51.4 Å². The van der Waals surface area contributed by atoms with Crippen molar-refractivity contribution in [1.29, 1.82) is 0 Å². The number of methoxy groups -OCH3 is 1. The van der Waals surface area contributed by atoms with Crippen LogP contribution in [0.1, 0.15) is 10.4 Å². The first-order valence-electron chi connectivity index (χ1n) is 5.63. The van der Waals surface area contributed by atoms with Crippen LogP contribution in [-0.4, -0.2) is 27.9 Å². The average Bonchev–Trinajstić information content (AvgIpc) is 2.46. The minimum atomic E-state index is -0.575. The summed E-state index contributed by atoms with van der Waals surface area (Å²) >= 11 is 5.62. The third-order valence-corrected chi connectivity index (χ3v) is 2.69. The number of nitro benzene ring substituents is 1. The Morgan fingerprint density at radius 3 is 2.81 bits per heavy atom. The first-order chi connectivity index (χ1) is 10.0. The lowest BCUT2D eigenvalue weighted by Crippen LogP contribution is -2.14. The van der Waals surface area contributed by atoms with E-state index in [4.69, 9.17) is 16.3 Å². The van der Waals surface area contributed by atoms with Crippen molar-refractivity contribution in [2.45, 2.75) is 0 Å². The Bertz CT molecular complexity index is 707. The molecule has 0 unspecified atom stereocenters. The average molecular weight is 309 g/mol. The number of rotatable bonds is 4. The molecule has 0 saturated carbocycles. The van der Waals surface area contributed by atoms with Crippen LogP contribution in [-0.2, 0) is 0 Å². The molecule has 9 heteroatoms. The van der Waals surface area contributed by atoms with Crippen LogP contribution in [0.3, 0.4) is 0 Å². The molecule has 0 spiro atoms.